The van der Waals surface area contributed by atoms with Gasteiger partial charge < -0.3 is 19.7 Å². The maximum atomic E-state index is 11.0. The van der Waals surface area contributed by atoms with Crippen LogP contribution in [0.2, 0.25) is 0 Å². The Labute approximate surface area is 196 Å². The number of hydrogen-bond donors (Lipinski definition) is 2. The van der Waals surface area contributed by atoms with Crippen molar-refractivity contribution in [3.63, 3.8) is 0 Å². The molecule has 0 heterocycles. The lowest BCUT2D eigenvalue weighted by atomic mass is 9.93. The number of ether oxygens (including phenoxy) is 2. The van der Waals surface area contributed by atoms with Crippen molar-refractivity contribution in [2.24, 2.45) is 0 Å². The number of fused-ring (bicyclic) bond motifs is 5. The molecule has 12 heteroatoms. The van der Waals surface area contributed by atoms with Gasteiger partial charge in [-0.25, -0.2) is 9.59 Å². The Morgan fingerprint density at radius 3 is 1.38 bits per heavy atom. The summed E-state index contributed by atoms with van der Waals surface area (Å²) < 4.78 is 7.27. The van der Waals surface area contributed by atoms with Crippen LogP contribution in [0.5, 0.6) is 11.5 Å². The summed E-state index contributed by atoms with van der Waals surface area (Å²) in [5.41, 5.74) is -0.297. The van der Waals surface area contributed by atoms with Crippen LogP contribution < -0.4 is 9.47 Å². The minimum atomic E-state index is -2.10. The minimum absolute atomic E-state index is 0.148. The summed E-state index contributed by atoms with van der Waals surface area (Å²) >= 11 is 38.2. The highest BCUT2D eigenvalue weighted by atomic mass is 35.5. The molecule has 0 amide bonds. The standard InChI is InChI=1S/C13H4Cl6O6.C4H10/c14-7-8(15)12(17)6-4(25-10(22)23)2-1-3(24-9(20)21)5(6)11(7,16)13(12,18)19;1-3-4-2/h1-2H,(H,20,21)(H,22,23);3-4H2,1-2H3. The maximum absolute atomic E-state index is 11.0. The summed E-state index contributed by atoms with van der Waals surface area (Å²) in [4.78, 5) is 18.0. The third kappa shape index (κ3) is 3.42. The first kappa shape index (κ1) is 24.5. The number of hydrogen-bond acceptors (Lipinski definition) is 4. The molecule has 2 bridgehead atoms. The van der Waals surface area contributed by atoms with Crippen molar-refractivity contribution < 1.29 is 29.3 Å². The van der Waals surface area contributed by atoms with E-state index in [9.17, 15) is 9.59 Å². The van der Waals surface area contributed by atoms with Gasteiger partial charge in [0.2, 0.25) is 0 Å². The smallest absolute Gasteiger partial charge is 0.449 e. The quantitative estimate of drug-likeness (QED) is 0.243. The normalized spacial score (nSPS) is 25.8. The molecule has 3 rings (SSSR count). The fraction of sp³-hybridized carbons (Fsp3) is 0.412. The summed E-state index contributed by atoms with van der Waals surface area (Å²) in [7, 11) is 0. The number of carbonyl (C=O) groups is 2. The SMILES string of the molecule is CCCC.O=C(O)Oc1ccc(OC(=O)O)c2c1C1(Cl)C(Cl)=C(Cl)C2(Cl)C1(Cl)Cl. The lowest BCUT2D eigenvalue weighted by Crippen LogP contribution is -2.39. The van der Waals surface area contributed by atoms with Gasteiger partial charge in [-0.05, 0) is 12.1 Å². The topological polar surface area (TPSA) is 93.1 Å². The van der Waals surface area contributed by atoms with Crippen LogP contribution in [-0.4, -0.2) is 26.9 Å². The molecule has 0 aliphatic heterocycles. The van der Waals surface area contributed by atoms with E-state index in [2.05, 4.69) is 23.3 Å². The molecule has 6 nitrogen and oxygen atoms in total. The number of carboxylic acid groups (broad SMARTS) is 2. The molecule has 0 radical (unpaired) electrons. The number of halogens is 6. The number of benzene rings is 1. The second-order valence-corrected chi connectivity index (χ2v) is 9.28. The van der Waals surface area contributed by atoms with E-state index < -0.39 is 26.4 Å². The van der Waals surface area contributed by atoms with Crippen molar-refractivity contribution in [3.05, 3.63) is 33.3 Å². The zero-order valence-electron chi connectivity index (χ0n) is 14.9. The average Bonchev–Trinajstić information content (AvgIpc) is 2.84. The van der Waals surface area contributed by atoms with Crippen molar-refractivity contribution in [3.8, 4) is 11.5 Å². The zero-order chi connectivity index (χ0) is 22.4. The highest BCUT2D eigenvalue weighted by Crippen LogP contribution is 2.79. The predicted molar refractivity (Wildman–Crippen MR) is 113 cm³/mol. The number of alkyl halides is 4. The van der Waals surface area contributed by atoms with Gasteiger partial charge in [0.25, 0.3) is 0 Å². The van der Waals surface area contributed by atoms with Crippen molar-refractivity contribution in [1.82, 2.24) is 0 Å². The Balaban J connectivity index is 0.000000687. The van der Waals surface area contributed by atoms with Crippen LogP contribution in [-0.2, 0) is 9.75 Å². The summed E-state index contributed by atoms with van der Waals surface area (Å²) in [6, 6.07) is 2.22. The molecule has 160 valence electrons. The molecule has 1 aromatic carbocycles. The van der Waals surface area contributed by atoms with Crippen LogP contribution in [0.1, 0.15) is 37.8 Å². The van der Waals surface area contributed by atoms with Gasteiger partial charge in [0, 0.05) is 11.1 Å². The monoisotopic (exact) mass is 524 g/mol. The van der Waals surface area contributed by atoms with E-state index in [4.69, 9.17) is 79.8 Å². The van der Waals surface area contributed by atoms with Crippen molar-refractivity contribution >= 4 is 81.9 Å². The molecule has 0 fully saturated rings. The Morgan fingerprint density at radius 2 is 1.14 bits per heavy atom. The third-order valence-corrected chi connectivity index (χ3v) is 8.45. The fourth-order valence-electron chi connectivity index (χ4n) is 2.96. The molecule has 2 aliphatic carbocycles. The van der Waals surface area contributed by atoms with E-state index in [0.29, 0.717) is 0 Å². The summed E-state index contributed by atoms with van der Waals surface area (Å²) in [6.45, 7) is 4.36. The van der Waals surface area contributed by atoms with E-state index in [0.717, 1.165) is 12.1 Å². The Bertz CT molecular complexity index is 832. The van der Waals surface area contributed by atoms with Gasteiger partial charge in [-0.3, -0.25) is 0 Å². The average molecular weight is 527 g/mol. The van der Waals surface area contributed by atoms with Crippen LogP contribution in [0.25, 0.3) is 0 Å². The highest BCUT2D eigenvalue weighted by molar-refractivity contribution is 6.65. The first-order valence-corrected chi connectivity index (χ1v) is 10.4. The van der Waals surface area contributed by atoms with Gasteiger partial charge >= 0.3 is 12.3 Å². The van der Waals surface area contributed by atoms with Crippen molar-refractivity contribution in [2.45, 2.75) is 40.8 Å². The minimum Gasteiger partial charge on any atom is -0.449 e. The lowest BCUT2D eigenvalue weighted by molar-refractivity contribution is 0.141. The molecule has 2 N–H and O–H groups in total. The molecule has 2 aliphatic rings. The molecule has 0 spiro atoms. The molecule has 2 atom stereocenters. The van der Waals surface area contributed by atoms with E-state index in [1.54, 1.807) is 0 Å². The lowest BCUT2D eigenvalue weighted by Gasteiger charge is -2.31. The predicted octanol–water partition coefficient (Wildman–Crippen LogP) is 7.37. The summed E-state index contributed by atoms with van der Waals surface area (Å²) in [6.07, 6.45) is -0.691. The summed E-state index contributed by atoms with van der Waals surface area (Å²) in [5, 5.41) is 17.3. The van der Waals surface area contributed by atoms with Crippen LogP contribution in [0.4, 0.5) is 9.59 Å². The van der Waals surface area contributed by atoms with Gasteiger partial charge in [-0.2, -0.15) is 0 Å². The Hall–Kier alpha value is -0.760. The molecule has 0 saturated carbocycles. The van der Waals surface area contributed by atoms with E-state index >= 15 is 0 Å². The highest BCUT2D eigenvalue weighted by Gasteiger charge is 2.79. The van der Waals surface area contributed by atoms with Gasteiger partial charge in [0.15, 0.2) is 4.33 Å². The molecule has 1 aromatic rings. The van der Waals surface area contributed by atoms with Crippen molar-refractivity contribution in [2.75, 3.05) is 0 Å². The Kier molecular flexibility index (Phi) is 7.10. The van der Waals surface area contributed by atoms with Gasteiger partial charge in [-0.15, -0.1) is 23.2 Å². The second kappa shape index (κ2) is 8.40. The van der Waals surface area contributed by atoms with E-state index in [-0.39, 0.29) is 32.7 Å². The fourth-order valence-corrected chi connectivity index (χ4v) is 5.65. The molecule has 29 heavy (non-hydrogen) atoms. The molecule has 2 unspecified atom stereocenters. The Morgan fingerprint density at radius 1 is 0.828 bits per heavy atom. The number of unbranched alkanes of at least 4 members (excludes halogenated alkanes) is 1. The van der Waals surface area contributed by atoms with Gasteiger partial charge in [0.1, 0.15) is 21.2 Å². The largest absolute Gasteiger partial charge is 0.511 e. The third-order valence-electron chi connectivity index (χ3n) is 4.38. The molecule has 0 saturated heterocycles. The van der Waals surface area contributed by atoms with Gasteiger partial charge in [0.05, 0.1) is 10.1 Å². The second-order valence-electron chi connectivity index (χ2n) is 6.07. The number of allylic oxidation sites excluding steroid dienone is 2. The molecular weight excluding hydrogens is 513 g/mol. The molecular formula is C17H14Cl6O6. The van der Waals surface area contributed by atoms with Gasteiger partial charge in [-0.1, -0.05) is 73.1 Å². The van der Waals surface area contributed by atoms with Crippen LogP contribution in [0.3, 0.4) is 0 Å². The first-order valence-electron chi connectivity index (χ1n) is 8.13. The zero-order valence-corrected chi connectivity index (χ0v) is 19.4. The number of rotatable bonds is 3. The molecule has 0 aromatic heterocycles. The summed E-state index contributed by atoms with van der Waals surface area (Å²) in [5.74, 6) is -0.600. The van der Waals surface area contributed by atoms with E-state index in [1.165, 1.54) is 12.8 Å². The van der Waals surface area contributed by atoms with Crippen molar-refractivity contribution in [1.29, 1.82) is 0 Å². The van der Waals surface area contributed by atoms with E-state index in [1.807, 2.05) is 0 Å². The van der Waals surface area contributed by atoms with Crippen LogP contribution >= 0.6 is 69.6 Å². The maximum Gasteiger partial charge on any atom is 0.511 e. The van der Waals surface area contributed by atoms with Crippen LogP contribution in [0, 0.1) is 0 Å². The van der Waals surface area contributed by atoms with Crippen LogP contribution in [0.15, 0.2) is 22.2 Å². The first-order chi connectivity index (χ1) is 13.3.